The zero-order valence-corrected chi connectivity index (χ0v) is 17.8. The van der Waals surface area contributed by atoms with E-state index >= 15 is 0 Å². The fourth-order valence-corrected chi connectivity index (χ4v) is 4.08. The Balaban J connectivity index is 1.55. The molecular formula is C19H19ClN6O3S. The van der Waals surface area contributed by atoms with E-state index in [1.165, 1.54) is 22.3 Å². The van der Waals surface area contributed by atoms with Crippen molar-refractivity contribution in [1.82, 2.24) is 19.9 Å². The second kappa shape index (κ2) is 8.50. The van der Waals surface area contributed by atoms with Crippen LogP contribution in [0.2, 0.25) is 5.15 Å². The maximum atomic E-state index is 12.1. The predicted octanol–water partition coefficient (Wildman–Crippen LogP) is 3.53. The topological polar surface area (TPSA) is 113 Å². The number of hydrogen-bond donors (Lipinski definition) is 2. The fraction of sp³-hybridized carbons (Fsp3) is 0.316. The van der Waals surface area contributed by atoms with Gasteiger partial charge in [-0.15, -0.1) is 11.3 Å². The summed E-state index contributed by atoms with van der Waals surface area (Å²) >= 11 is 7.68. The van der Waals surface area contributed by atoms with Crippen molar-refractivity contribution in [1.29, 1.82) is 0 Å². The summed E-state index contributed by atoms with van der Waals surface area (Å²) in [5.41, 5.74) is 0.805. The van der Waals surface area contributed by atoms with Crippen LogP contribution in [0.5, 0.6) is 0 Å². The molecule has 0 saturated carbocycles. The molecular weight excluding hydrogens is 428 g/mol. The molecule has 0 bridgehead atoms. The van der Waals surface area contributed by atoms with E-state index in [4.69, 9.17) is 16.3 Å². The molecule has 4 heterocycles. The molecule has 3 atom stereocenters. The van der Waals surface area contributed by atoms with Crippen LogP contribution in [-0.2, 0) is 4.74 Å². The number of aromatic nitrogens is 4. The van der Waals surface area contributed by atoms with Gasteiger partial charge in [-0.1, -0.05) is 17.7 Å². The van der Waals surface area contributed by atoms with Crippen molar-refractivity contribution >= 4 is 40.8 Å². The lowest BCUT2D eigenvalue weighted by Crippen LogP contribution is -2.41. The van der Waals surface area contributed by atoms with E-state index in [1.807, 2.05) is 25.1 Å². The third-order valence-electron chi connectivity index (χ3n) is 4.57. The number of nitrogens with one attached hydrogen (secondary N) is 1. The van der Waals surface area contributed by atoms with Gasteiger partial charge in [0.15, 0.2) is 0 Å². The van der Waals surface area contributed by atoms with Gasteiger partial charge in [-0.05, 0) is 26.0 Å². The van der Waals surface area contributed by atoms with Crippen molar-refractivity contribution < 1.29 is 14.6 Å². The molecule has 0 aliphatic carbocycles. The van der Waals surface area contributed by atoms with Crippen molar-refractivity contribution in [3.63, 3.8) is 0 Å². The van der Waals surface area contributed by atoms with Crippen LogP contribution in [0.3, 0.4) is 0 Å². The lowest BCUT2D eigenvalue weighted by atomic mass is 10.2. The zero-order valence-electron chi connectivity index (χ0n) is 16.2. The highest BCUT2D eigenvalue weighted by Crippen LogP contribution is 2.30. The molecule has 1 saturated heterocycles. The Kier molecular flexibility index (Phi) is 5.80. The van der Waals surface area contributed by atoms with E-state index < -0.39 is 18.2 Å². The molecule has 4 rings (SSSR count). The van der Waals surface area contributed by atoms with E-state index in [2.05, 4.69) is 25.3 Å². The lowest BCUT2D eigenvalue weighted by Gasteiger charge is -2.23. The predicted molar refractivity (Wildman–Crippen MR) is 114 cm³/mol. The van der Waals surface area contributed by atoms with Gasteiger partial charge in [0.25, 0.3) is 0 Å². The molecule has 30 heavy (non-hydrogen) atoms. The van der Waals surface area contributed by atoms with Gasteiger partial charge in [-0.3, -0.25) is 9.88 Å². The van der Waals surface area contributed by atoms with Crippen molar-refractivity contribution in [2.45, 2.75) is 32.0 Å². The first kappa shape index (κ1) is 20.5. The average Bonchev–Trinajstić information content (AvgIpc) is 3.35. The number of halogens is 1. The molecule has 2 N–H and O–H groups in total. The van der Waals surface area contributed by atoms with E-state index in [0.29, 0.717) is 0 Å². The van der Waals surface area contributed by atoms with Gasteiger partial charge in [-0.25, -0.2) is 14.8 Å². The first-order valence-corrected chi connectivity index (χ1v) is 10.4. The summed E-state index contributed by atoms with van der Waals surface area (Å²) in [7, 11) is 0. The Labute approximate surface area is 181 Å². The smallest absolute Gasteiger partial charge is 0.416 e. The third-order valence-corrected chi connectivity index (χ3v) is 5.97. The Morgan fingerprint density at radius 1 is 1.33 bits per heavy atom. The highest BCUT2D eigenvalue weighted by Gasteiger charge is 2.38. The number of carbonyl (C=O) groups excluding carboxylic acids is 1. The van der Waals surface area contributed by atoms with Gasteiger partial charge < -0.3 is 15.2 Å². The Bertz CT molecular complexity index is 1050. The largest absolute Gasteiger partial charge is 0.447 e. The number of thiazole rings is 1. The molecule has 1 aliphatic rings. The van der Waals surface area contributed by atoms with Crippen molar-refractivity contribution in [3.05, 3.63) is 46.7 Å². The first-order valence-electron chi connectivity index (χ1n) is 9.24. The summed E-state index contributed by atoms with van der Waals surface area (Å²) in [6.07, 6.45) is 2.13. The molecule has 1 unspecified atom stereocenters. The molecule has 1 aliphatic heterocycles. The maximum absolute atomic E-state index is 12.1. The minimum atomic E-state index is -0.789. The summed E-state index contributed by atoms with van der Waals surface area (Å²) in [5.74, 6) is 0.512. The second-order valence-corrected chi connectivity index (χ2v) is 8.23. The number of pyridine rings is 1. The van der Waals surface area contributed by atoms with Crippen LogP contribution in [0.4, 0.5) is 16.6 Å². The number of hydrogen-bond acceptors (Lipinski definition) is 9. The molecule has 11 heteroatoms. The number of rotatable bonds is 6. The first-order chi connectivity index (χ1) is 14.4. The molecule has 3 aromatic heterocycles. The summed E-state index contributed by atoms with van der Waals surface area (Å²) in [4.78, 5) is 31.8. The van der Waals surface area contributed by atoms with Crippen LogP contribution in [0, 0.1) is 0 Å². The average molecular weight is 447 g/mol. The van der Waals surface area contributed by atoms with Crippen LogP contribution in [0.25, 0.3) is 10.7 Å². The molecule has 0 radical (unpaired) electrons. The standard InChI is InChI=1S/C19H19ClN6O3S/c1-10(14-8-22-17(30-14)12-5-3-4-6-21-12)23-18-24-15(20)7-16(25-18)26-13(11(2)27)9-29-19(26)28/h3-8,10-11,13,27H,9H2,1-2H3,(H,23,24,25)/t10-,11+,13?/m0/s1. The van der Waals surface area contributed by atoms with Crippen molar-refractivity contribution in [2.24, 2.45) is 0 Å². The summed E-state index contributed by atoms with van der Waals surface area (Å²) < 4.78 is 5.06. The summed E-state index contributed by atoms with van der Waals surface area (Å²) in [6, 6.07) is 6.43. The van der Waals surface area contributed by atoms with E-state index in [9.17, 15) is 9.90 Å². The SMILES string of the molecule is C[C@H](Nc1nc(Cl)cc(N2C(=O)OCC2[C@@H](C)O)n1)c1cnc(-c2ccccn2)s1. The monoisotopic (exact) mass is 446 g/mol. The van der Waals surface area contributed by atoms with Gasteiger partial charge in [-0.2, -0.15) is 4.98 Å². The second-order valence-electron chi connectivity index (χ2n) is 6.78. The van der Waals surface area contributed by atoms with E-state index in [1.54, 1.807) is 19.3 Å². The van der Waals surface area contributed by atoms with Gasteiger partial charge in [0.1, 0.15) is 28.6 Å². The fourth-order valence-electron chi connectivity index (χ4n) is 3.01. The minimum absolute atomic E-state index is 0.0778. The van der Waals surface area contributed by atoms with E-state index in [-0.39, 0.29) is 29.6 Å². The number of anilines is 2. The summed E-state index contributed by atoms with van der Waals surface area (Å²) in [5, 5.41) is 14.1. The van der Waals surface area contributed by atoms with Crippen LogP contribution < -0.4 is 10.2 Å². The third kappa shape index (κ3) is 4.20. The quantitative estimate of drug-likeness (QED) is 0.553. The van der Waals surface area contributed by atoms with Crippen LogP contribution in [0.15, 0.2) is 36.7 Å². The van der Waals surface area contributed by atoms with Crippen molar-refractivity contribution in [3.8, 4) is 10.7 Å². The number of ether oxygens (including phenoxy) is 1. The molecule has 1 fully saturated rings. The van der Waals surface area contributed by atoms with Gasteiger partial charge >= 0.3 is 6.09 Å². The van der Waals surface area contributed by atoms with Crippen LogP contribution in [0.1, 0.15) is 24.8 Å². The number of aliphatic hydroxyl groups excluding tert-OH is 1. The highest BCUT2D eigenvalue weighted by atomic mass is 35.5. The molecule has 0 spiro atoms. The van der Waals surface area contributed by atoms with Gasteiger partial charge in [0.2, 0.25) is 5.95 Å². The number of nitrogens with zero attached hydrogens (tertiary/aromatic N) is 5. The molecule has 9 nitrogen and oxygen atoms in total. The number of aliphatic hydroxyl groups is 1. The van der Waals surface area contributed by atoms with Gasteiger partial charge in [0.05, 0.1) is 17.8 Å². The highest BCUT2D eigenvalue weighted by molar-refractivity contribution is 7.15. The maximum Gasteiger partial charge on any atom is 0.416 e. The Morgan fingerprint density at radius 3 is 2.90 bits per heavy atom. The van der Waals surface area contributed by atoms with Crippen LogP contribution >= 0.6 is 22.9 Å². The Hall–Kier alpha value is -2.82. The van der Waals surface area contributed by atoms with Crippen LogP contribution in [-0.4, -0.2) is 49.9 Å². The lowest BCUT2D eigenvalue weighted by molar-refractivity contribution is 0.142. The number of cyclic esters (lactones) is 1. The summed E-state index contributed by atoms with van der Waals surface area (Å²) in [6.45, 7) is 3.61. The Morgan fingerprint density at radius 2 is 2.17 bits per heavy atom. The normalized spacial score (nSPS) is 18.2. The zero-order chi connectivity index (χ0) is 21.3. The van der Waals surface area contributed by atoms with E-state index in [0.717, 1.165) is 15.6 Å². The molecule has 0 aromatic carbocycles. The molecule has 1 amide bonds. The number of amides is 1. The molecule has 156 valence electrons. The molecule has 3 aromatic rings. The van der Waals surface area contributed by atoms with Crippen molar-refractivity contribution in [2.75, 3.05) is 16.8 Å². The number of carbonyl (C=O) groups is 1. The minimum Gasteiger partial charge on any atom is -0.447 e. The van der Waals surface area contributed by atoms with Gasteiger partial charge in [0, 0.05) is 23.3 Å².